The SMILES string of the molecule is CSC1(CNS(=O)(=O)c2cc(CO)sc2C)CC1. The van der Waals surface area contributed by atoms with Gasteiger partial charge in [-0.15, -0.1) is 11.3 Å². The van der Waals surface area contributed by atoms with Gasteiger partial charge < -0.3 is 5.11 Å². The fraction of sp³-hybridized carbons (Fsp3) is 0.636. The Morgan fingerprint density at radius 3 is 2.67 bits per heavy atom. The molecule has 102 valence electrons. The van der Waals surface area contributed by atoms with E-state index in [1.165, 1.54) is 11.3 Å². The van der Waals surface area contributed by atoms with Gasteiger partial charge in [0, 0.05) is 21.0 Å². The van der Waals surface area contributed by atoms with Crippen LogP contribution in [0.15, 0.2) is 11.0 Å². The number of aliphatic hydroxyl groups excluding tert-OH is 1. The van der Waals surface area contributed by atoms with Crippen LogP contribution in [0.4, 0.5) is 0 Å². The summed E-state index contributed by atoms with van der Waals surface area (Å²) in [6.45, 7) is 2.13. The molecule has 1 saturated carbocycles. The maximum atomic E-state index is 12.2. The first-order valence-corrected chi connectivity index (χ1v) is 9.20. The van der Waals surface area contributed by atoms with Crippen molar-refractivity contribution < 1.29 is 13.5 Å². The molecule has 2 rings (SSSR count). The molecule has 0 bridgehead atoms. The highest BCUT2D eigenvalue weighted by Crippen LogP contribution is 2.46. The molecule has 0 spiro atoms. The van der Waals surface area contributed by atoms with E-state index in [0.717, 1.165) is 17.7 Å². The topological polar surface area (TPSA) is 66.4 Å². The van der Waals surface area contributed by atoms with Gasteiger partial charge in [0.05, 0.1) is 11.5 Å². The van der Waals surface area contributed by atoms with Gasteiger partial charge in [0.25, 0.3) is 0 Å². The maximum absolute atomic E-state index is 12.2. The van der Waals surface area contributed by atoms with Crippen molar-refractivity contribution in [2.75, 3.05) is 12.8 Å². The van der Waals surface area contributed by atoms with Crippen LogP contribution in [0.2, 0.25) is 0 Å². The molecule has 2 N–H and O–H groups in total. The summed E-state index contributed by atoms with van der Waals surface area (Å²) >= 11 is 3.05. The highest BCUT2D eigenvalue weighted by molar-refractivity contribution is 8.00. The summed E-state index contributed by atoms with van der Waals surface area (Å²) in [5, 5.41) is 9.04. The van der Waals surface area contributed by atoms with E-state index in [1.807, 2.05) is 6.26 Å². The fourth-order valence-electron chi connectivity index (χ4n) is 1.77. The van der Waals surface area contributed by atoms with E-state index < -0.39 is 10.0 Å². The van der Waals surface area contributed by atoms with Gasteiger partial charge >= 0.3 is 0 Å². The lowest BCUT2D eigenvalue weighted by atomic mass is 10.4. The minimum atomic E-state index is -3.45. The van der Waals surface area contributed by atoms with Crippen molar-refractivity contribution in [3.63, 3.8) is 0 Å². The predicted octanol–water partition coefficient (Wildman–Crippen LogP) is 1.72. The van der Waals surface area contributed by atoms with Crippen LogP contribution in [0.25, 0.3) is 0 Å². The lowest BCUT2D eigenvalue weighted by Crippen LogP contribution is -2.31. The van der Waals surface area contributed by atoms with E-state index in [4.69, 9.17) is 5.11 Å². The first-order chi connectivity index (χ1) is 8.42. The normalized spacial score (nSPS) is 17.9. The largest absolute Gasteiger partial charge is 0.391 e. The van der Waals surface area contributed by atoms with E-state index in [1.54, 1.807) is 24.8 Å². The number of nitrogens with one attached hydrogen (secondary N) is 1. The molecule has 0 aliphatic heterocycles. The Hall–Kier alpha value is -0.0800. The van der Waals surface area contributed by atoms with Gasteiger partial charge in [-0.1, -0.05) is 0 Å². The third-order valence-electron chi connectivity index (χ3n) is 3.19. The van der Waals surface area contributed by atoms with E-state index in [9.17, 15) is 8.42 Å². The molecule has 0 amide bonds. The average molecular weight is 307 g/mol. The number of sulfonamides is 1. The Kier molecular flexibility index (Phi) is 4.08. The summed E-state index contributed by atoms with van der Waals surface area (Å²) in [6.07, 6.45) is 4.16. The van der Waals surface area contributed by atoms with Crippen LogP contribution in [0, 0.1) is 6.92 Å². The van der Waals surface area contributed by atoms with Gasteiger partial charge in [-0.05, 0) is 32.1 Å². The molecular formula is C11H17NO3S3. The van der Waals surface area contributed by atoms with Crippen molar-refractivity contribution in [2.45, 2.75) is 36.0 Å². The highest BCUT2D eigenvalue weighted by Gasteiger charge is 2.42. The van der Waals surface area contributed by atoms with Gasteiger partial charge in [0.2, 0.25) is 10.0 Å². The number of rotatable bonds is 6. The van der Waals surface area contributed by atoms with Crippen molar-refractivity contribution in [1.82, 2.24) is 4.72 Å². The van der Waals surface area contributed by atoms with Gasteiger partial charge in [-0.3, -0.25) is 0 Å². The van der Waals surface area contributed by atoms with Crippen LogP contribution >= 0.6 is 23.1 Å². The maximum Gasteiger partial charge on any atom is 0.241 e. The summed E-state index contributed by atoms with van der Waals surface area (Å²) in [7, 11) is -3.45. The molecule has 1 aromatic rings. The Morgan fingerprint density at radius 1 is 1.56 bits per heavy atom. The standard InChI is InChI=1S/C11H17NO3S3/c1-8-10(5-9(6-13)17-8)18(14,15)12-7-11(16-2)3-4-11/h5,12-13H,3-4,6-7H2,1-2H3. The number of hydrogen-bond donors (Lipinski definition) is 2. The lowest BCUT2D eigenvalue weighted by molar-refractivity contribution is 0.285. The summed E-state index contributed by atoms with van der Waals surface area (Å²) in [5.74, 6) is 0. The molecule has 0 unspecified atom stereocenters. The zero-order valence-electron chi connectivity index (χ0n) is 10.4. The van der Waals surface area contributed by atoms with Crippen LogP contribution in [0.3, 0.4) is 0 Å². The Labute approximate surface area is 116 Å². The predicted molar refractivity (Wildman–Crippen MR) is 75.6 cm³/mol. The van der Waals surface area contributed by atoms with Crippen LogP contribution in [0.1, 0.15) is 22.6 Å². The molecular weight excluding hydrogens is 290 g/mol. The molecule has 4 nitrogen and oxygen atoms in total. The summed E-state index contributed by atoms with van der Waals surface area (Å²) < 4.78 is 27.1. The molecule has 1 aliphatic carbocycles. The first-order valence-electron chi connectivity index (χ1n) is 5.67. The number of thiophene rings is 1. The third-order valence-corrected chi connectivity index (χ3v) is 7.30. The Bertz CT molecular complexity index is 532. The van der Waals surface area contributed by atoms with Gasteiger partial charge in [0.1, 0.15) is 0 Å². The van der Waals surface area contributed by atoms with Gasteiger partial charge in [0.15, 0.2) is 0 Å². The molecule has 1 aliphatic rings. The molecule has 0 atom stereocenters. The third kappa shape index (κ3) is 2.91. The minimum absolute atomic E-state index is 0.108. The van der Waals surface area contributed by atoms with Crippen molar-refractivity contribution in [3.05, 3.63) is 15.8 Å². The molecule has 18 heavy (non-hydrogen) atoms. The quantitative estimate of drug-likeness (QED) is 0.840. The minimum Gasteiger partial charge on any atom is -0.391 e. The molecule has 1 aromatic heterocycles. The molecule has 1 fully saturated rings. The second-order valence-corrected chi connectivity index (χ2v) is 8.85. The van der Waals surface area contributed by atoms with Crippen molar-refractivity contribution in [2.24, 2.45) is 0 Å². The van der Waals surface area contributed by atoms with E-state index in [-0.39, 0.29) is 11.4 Å². The fourth-order valence-corrected chi connectivity index (χ4v) is 5.20. The van der Waals surface area contributed by atoms with Crippen molar-refractivity contribution in [1.29, 1.82) is 0 Å². The summed E-state index contributed by atoms with van der Waals surface area (Å²) in [6, 6.07) is 1.56. The molecule has 1 heterocycles. The van der Waals surface area contributed by atoms with Gasteiger partial charge in [-0.2, -0.15) is 11.8 Å². The monoisotopic (exact) mass is 307 g/mol. The molecule has 7 heteroatoms. The highest BCUT2D eigenvalue weighted by atomic mass is 32.2. The van der Waals surface area contributed by atoms with E-state index >= 15 is 0 Å². The number of hydrogen-bond acceptors (Lipinski definition) is 5. The van der Waals surface area contributed by atoms with Crippen molar-refractivity contribution >= 4 is 33.1 Å². The lowest BCUT2D eigenvalue weighted by Gasteiger charge is -2.13. The van der Waals surface area contributed by atoms with Crippen LogP contribution in [-0.4, -0.2) is 31.1 Å². The van der Waals surface area contributed by atoms with E-state index in [0.29, 0.717) is 16.3 Å². The molecule has 0 radical (unpaired) electrons. The van der Waals surface area contributed by atoms with Crippen LogP contribution in [0.5, 0.6) is 0 Å². The molecule has 0 saturated heterocycles. The number of aryl methyl sites for hydroxylation is 1. The van der Waals surface area contributed by atoms with Crippen molar-refractivity contribution in [3.8, 4) is 0 Å². The molecule has 0 aromatic carbocycles. The Balaban J connectivity index is 2.12. The first kappa shape index (κ1) is 14.3. The second kappa shape index (κ2) is 5.13. The number of aliphatic hydroxyl groups is 1. The smallest absolute Gasteiger partial charge is 0.241 e. The Morgan fingerprint density at radius 2 is 2.22 bits per heavy atom. The average Bonchev–Trinajstić information content (AvgIpc) is 3.03. The number of thioether (sulfide) groups is 1. The van der Waals surface area contributed by atoms with E-state index in [2.05, 4.69) is 4.72 Å². The summed E-state index contributed by atoms with van der Waals surface area (Å²) in [5.41, 5.74) is 0. The van der Waals surface area contributed by atoms with Crippen LogP contribution < -0.4 is 4.72 Å². The second-order valence-electron chi connectivity index (χ2n) is 4.50. The van der Waals surface area contributed by atoms with Gasteiger partial charge in [-0.25, -0.2) is 13.1 Å². The van der Waals surface area contributed by atoms with Crippen LogP contribution in [-0.2, 0) is 16.6 Å². The summed E-state index contributed by atoms with van der Waals surface area (Å²) in [4.78, 5) is 1.70. The zero-order chi connectivity index (χ0) is 13.4. The zero-order valence-corrected chi connectivity index (χ0v) is 12.8.